The third-order valence-corrected chi connectivity index (χ3v) is 3.81. The fourth-order valence-corrected chi connectivity index (χ4v) is 2.52. The summed E-state index contributed by atoms with van der Waals surface area (Å²) in [4.78, 5) is 0. The average Bonchev–Trinajstić information content (AvgIpc) is 2.82. The van der Waals surface area contributed by atoms with Gasteiger partial charge in [0.05, 0.1) is 0 Å². The molecule has 1 aliphatic carbocycles. The Kier molecular flexibility index (Phi) is 2.78. The highest BCUT2D eigenvalue weighted by Crippen LogP contribution is 2.39. The van der Waals surface area contributed by atoms with Gasteiger partial charge in [0, 0.05) is 13.5 Å². The van der Waals surface area contributed by atoms with E-state index in [1.807, 2.05) is 14.0 Å². The van der Waals surface area contributed by atoms with Gasteiger partial charge in [0.25, 0.3) is 0 Å². The van der Waals surface area contributed by atoms with Crippen LogP contribution in [0.1, 0.15) is 37.3 Å². The molecule has 1 heterocycles. The van der Waals surface area contributed by atoms with Crippen molar-refractivity contribution in [3.05, 3.63) is 11.6 Å². The van der Waals surface area contributed by atoms with E-state index < -0.39 is 0 Å². The van der Waals surface area contributed by atoms with Gasteiger partial charge in [-0.2, -0.15) is 0 Å². The molecule has 4 heteroatoms. The molecule has 0 unspecified atom stereocenters. The van der Waals surface area contributed by atoms with Crippen LogP contribution in [0.25, 0.3) is 0 Å². The van der Waals surface area contributed by atoms with Crippen LogP contribution in [0.15, 0.2) is 0 Å². The van der Waals surface area contributed by atoms with E-state index in [0.717, 1.165) is 24.6 Å². The Morgan fingerprint density at radius 2 is 2.00 bits per heavy atom. The third kappa shape index (κ3) is 1.91. The van der Waals surface area contributed by atoms with Crippen LogP contribution in [0.2, 0.25) is 0 Å². The molecule has 1 aromatic heterocycles. The molecule has 0 amide bonds. The van der Waals surface area contributed by atoms with Crippen molar-refractivity contribution in [2.24, 2.45) is 18.2 Å². The molecule has 1 fully saturated rings. The number of hydrogen-bond donors (Lipinski definition) is 1. The number of nitrogens with zero attached hydrogens (tertiary/aromatic N) is 3. The largest absolute Gasteiger partial charge is 0.330 e. The second-order valence-electron chi connectivity index (χ2n) is 4.81. The maximum absolute atomic E-state index is 5.92. The van der Waals surface area contributed by atoms with Crippen molar-refractivity contribution < 1.29 is 0 Å². The number of aromatic nitrogens is 3. The maximum atomic E-state index is 5.92. The van der Waals surface area contributed by atoms with Crippen molar-refractivity contribution in [1.29, 1.82) is 0 Å². The lowest BCUT2D eigenvalue weighted by Gasteiger charge is -2.26. The molecule has 0 radical (unpaired) electrons. The molecule has 0 bridgehead atoms. The minimum atomic E-state index is 0.299. The Labute approximate surface area is 90.9 Å². The van der Waals surface area contributed by atoms with E-state index in [4.69, 9.17) is 5.73 Å². The van der Waals surface area contributed by atoms with E-state index in [1.54, 1.807) is 0 Å². The molecule has 0 spiro atoms. The predicted molar refractivity (Wildman–Crippen MR) is 59.4 cm³/mol. The molecule has 0 aromatic carbocycles. The van der Waals surface area contributed by atoms with Crippen LogP contribution in [-0.4, -0.2) is 21.3 Å². The van der Waals surface area contributed by atoms with Crippen LogP contribution >= 0.6 is 0 Å². The number of rotatable bonds is 3. The van der Waals surface area contributed by atoms with Crippen molar-refractivity contribution >= 4 is 0 Å². The fourth-order valence-electron chi connectivity index (χ4n) is 2.52. The van der Waals surface area contributed by atoms with Crippen LogP contribution in [0.5, 0.6) is 0 Å². The molecule has 4 nitrogen and oxygen atoms in total. The van der Waals surface area contributed by atoms with Crippen molar-refractivity contribution in [1.82, 2.24) is 14.8 Å². The normalized spacial score (nSPS) is 19.7. The maximum Gasteiger partial charge on any atom is 0.133 e. The summed E-state index contributed by atoms with van der Waals surface area (Å²) >= 11 is 0. The molecule has 1 aromatic rings. The van der Waals surface area contributed by atoms with E-state index in [0.29, 0.717) is 5.41 Å². The van der Waals surface area contributed by atoms with Gasteiger partial charge in [-0.25, -0.2) is 0 Å². The van der Waals surface area contributed by atoms with Crippen LogP contribution in [0, 0.1) is 12.3 Å². The van der Waals surface area contributed by atoms with Gasteiger partial charge in [0.15, 0.2) is 0 Å². The zero-order chi connectivity index (χ0) is 10.9. The first-order valence-corrected chi connectivity index (χ1v) is 5.72. The van der Waals surface area contributed by atoms with Gasteiger partial charge in [0.1, 0.15) is 11.6 Å². The molecule has 0 aliphatic heterocycles. The molecule has 1 saturated carbocycles. The van der Waals surface area contributed by atoms with Crippen molar-refractivity contribution in [3.63, 3.8) is 0 Å². The molecule has 1 aliphatic rings. The van der Waals surface area contributed by atoms with Crippen LogP contribution < -0.4 is 5.73 Å². The van der Waals surface area contributed by atoms with Gasteiger partial charge in [0.2, 0.25) is 0 Å². The SMILES string of the molecule is Cc1nnc(CC2(CN)CCCC2)n1C. The van der Waals surface area contributed by atoms with E-state index in [-0.39, 0.29) is 0 Å². The van der Waals surface area contributed by atoms with Crippen molar-refractivity contribution in [3.8, 4) is 0 Å². The van der Waals surface area contributed by atoms with E-state index >= 15 is 0 Å². The van der Waals surface area contributed by atoms with Gasteiger partial charge < -0.3 is 10.3 Å². The quantitative estimate of drug-likeness (QED) is 0.811. The fraction of sp³-hybridized carbons (Fsp3) is 0.818. The first-order chi connectivity index (χ1) is 7.17. The standard InChI is InChI=1S/C11H20N4/c1-9-13-14-10(15(9)2)7-11(8-12)5-3-4-6-11/h3-8,12H2,1-2H3. The average molecular weight is 208 g/mol. The number of nitrogens with two attached hydrogens (primary N) is 1. The minimum Gasteiger partial charge on any atom is -0.330 e. The molecule has 0 saturated heterocycles. The van der Waals surface area contributed by atoms with Gasteiger partial charge in [-0.3, -0.25) is 0 Å². The highest BCUT2D eigenvalue weighted by atomic mass is 15.3. The van der Waals surface area contributed by atoms with E-state index in [9.17, 15) is 0 Å². The monoisotopic (exact) mass is 208 g/mol. The molecular formula is C11H20N4. The van der Waals surface area contributed by atoms with Gasteiger partial charge in [-0.1, -0.05) is 12.8 Å². The lowest BCUT2D eigenvalue weighted by molar-refractivity contribution is 0.296. The minimum absolute atomic E-state index is 0.299. The Bertz CT molecular complexity index is 336. The Morgan fingerprint density at radius 3 is 2.47 bits per heavy atom. The van der Waals surface area contributed by atoms with Crippen LogP contribution in [0.3, 0.4) is 0 Å². The van der Waals surface area contributed by atoms with E-state index in [1.165, 1.54) is 25.7 Å². The Balaban J connectivity index is 2.16. The predicted octanol–water partition coefficient (Wildman–Crippen LogP) is 1.19. The van der Waals surface area contributed by atoms with Crippen molar-refractivity contribution in [2.75, 3.05) is 6.54 Å². The number of aryl methyl sites for hydroxylation is 1. The van der Waals surface area contributed by atoms with Gasteiger partial charge in [-0.05, 0) is 31.7 Å². The van der Waals surface area contributed by atoms with Gasteiger partial charge >= 0.3 is 0 Å². The molecule has 84 valence electrons. The topological polar surface area (TPSA) is 56.7 Å². The molecule has 2 rings (SSSR count). The summed E-state index contributed by atoms with van der Waals surface area (Å²) in [7, 11) is 2.03. The number of hydrogen-bond acceptors (Lipinski definition) is 3. The summed E-state index contributed by atoms with van der Waals surface area (Å²) in [6, 6.07) is 0. The zero-order valence-corrected chi connectivity index (χ0v) is 9.66. The summed E-state index contributed by atoms with van der Waals surface area (Å²) < 4.78 is 2.08. The highest BCUT2D eigenvalue weighted by molar-refractivity contribution is 5.00. The Hall–Kier alpha value is -0.900. The summed E-state index contributed by atoms with van der Waals surface area (Å²) in [5.74, 6) is 2.06. The molecule has 2 N–H and O–H groups in total. The van der Waals surface area contributed by atoms with Crippen LogP contribution in [-0.2, 0) is 13.5 Å². The second-order valence-corrected chi connectivity index (χ2v) is 4.81. The molecule has 0 atom stereocenters. The first kappa shape index (κ1) is 10.6. The van der Waals surface area contributed by atoms with Crippen molar-refractivity contribution in [2.45, 2.75) is 39.0 Å². The molecule has 15 heavy (non-hydrogen) atoms. The summed E-state index contributed by atoms with van der Waals surface area (Å²) in [5.41, 5.74) is 6.21. The molecular weight excluding hydrogens is 188 g/mol. The zero-order valence-electron chi connectivity index (χ0n) is 9.66. The Morgan fingerprint density at radius 1 is 1.33 bits per heavy atom. The summed E-state index contributed by atoms with van der Waals surface area (Å²) in [6.07, 6.45) is 6.10. The highest BCUT2D eigenvalue weighted by Gasteiger charge is 2.34. The first-order valence-electron chi connectivity index (χ1n) is 5.72. The third-order valence-electron chi connectivity index (χ3n) is 3.81. The van der Waals surface area contributed by atoms with E-state index in [2.05, 4.69) is 14.8 Å². The van der Waals surface area contributed by atoms with Gasteiger partial charge in [-0.15, -0.1) is 10.2 Å². The second kappa shape index (κ2) is 3.93. The summed E-state index contributed by atoms with van der Waals surface area (Å²) in [6.45, 7) is 2.76. The smallest absolute Gasteiger partial charge is 0.133 e. The van der Waals surface area contributed by atoms with Crippen LogP contribution in [0.4, 0.5) is 0 Å². The lowest BCUT2D eigenvalue weighted by Crippen LogP contribution is -2.30. The summed E-state index contributed by atoms with van der Waals surface area (Å²) in [5, 5.41) is 8.32. The lowest BCUT2D eigenvalue weighted by atomic mass is 9.82.